The molecule has 0 aliphatic carbocycles. The largest absolute Gasteiger partial charge is 0.466 e. The molecule has 0 fully saturated rings. The Labute approximate surface area is 85.4 Å². The zero-order valence-electron chi connectivity index (χ0n) is 7.96. The molecule has 0 aliphatic rings. The molecule has 0 aromatic heterocycles. The fraction of sp³-hybridized carbons (Fsp3) is 0.100. The number of rotatable bonds is 3. The summed E-state index contributed by atoms with van der Waals surface area (Å²) in [5, 5.41) is 2.42. The van der Waals surface area contributed by atoms with Gasteiger partial charge in [-0.05, 0) is 12.1 Å². The minimum atomic E-state index is -0.994. The lowest BCUT2D eigenvalue weighted by atomic mass is 10.3. The molecule has 0 unspecified atom stereocenters. The van der Waals surface area contributed by atoms with Gasteiger partial charge in [0.1, 0.15) is 0 Å². The summed E-state index contributed by atoms with van der Waals surface area (Å²) in [5.74, 6) is -2.53. The van der Waals surface area contributed by atoms with Gasteiger partial charge >= 0.3 is 5.97 Å². The summed E-state index contributed by atoms with van der Waals surface area (Å²) in [7, 11) is 1.22. The van der Waals surface area contributed by atoms with Gasteiger partial charge in [0, 0.05) is 12.3 Å². The van der Waals surface area contributed by atoms with Gasteiger partial charge in [-0.25, -0.2) is 13.6 Å². The van der Waals surface area contributed by atoms with Gasteiger partial charge in [-0.1, -0.05) is 6.07 Å². The maximum Gasteiger partial charge on any atom is 0.331 e. The molecule has 3 nitrogen and oxygen atoms in total. The van der Waals surface area contributed by atoms with Crippen molar-refractivity contribution in [3.8, 4) is 0 Å². The summed E-state index contributed by atoms with van der Waals surface area (Å²) in [6, 6.07) is 3.71. The maximum absolute atomic E-state index is 13.0. The number of methoxy groups -OCH3 is 1. The van der Waals surface area contributed by atoms with Gasteiger partial charge in [-0.2, -0.15) is 0 Å². The van der Waals surface area contributed by atoms with E-state index in [2.05, 4.69) is 10.1 Å². The molecular weight excluding hydrogens is 204 g/mol. The van der Waals surface area contributed by atoms with Crippen molar-refractivity contribution >= 4 is 11.7 Å². The summed E-state index contributed by atoms with van der Waals surface area (Å²) in [5.41, 5.74) is -0.0462. The first kappa shape index (κ1) is 11.2. The molecule has 0 radical (unpaired) electrons. The van der Waals surface area contributed by atoms with Crippen LogP contribution < -0.4 is 5.32 Å². The highest BCUT2D eigenvalue weighted by molar-refractivity contribution is 5.82. The van der Waals surface area contributed by atoms with E-state index in [0.717, 1.165) is 12.1 Å². The molecule has 15 heavy (non-hydrogen) atoms. The third-order valence-electron chi connectivity index (χ3n) is 1.61. The third kappa shape index (κ3) is 3.05. The van der Waals surface area contributed by atoms with Gasteiger partial charge in [-0.15, -0.1) is 0 Å². The molecule has 0 saturated heterocycles. The smallest absolute Gasteiger partial charge is 0.331 e. The number of ether oxygens (including phenoxy) is 1. The fourth-order valence-electron chi connectivity index (χ4n) is 0.883. The number of carbonyl (C=O) groups excluding carboxylic acids is 1. The zero-order valence-corrected chi connectivity index (χ0v) is 7.96. The summed E-state index contributed by atoms with van der Waals surface area (Å²) in [4.78, 5) is 10.6. The minimum Gasteiger partial charge on any atom is -0.466 e. The number of carbonyl (C=O) groups is 1. The van der Waals surface area contributed by atoms with Crippen LogP contribution in [0, 0.1) is 11.6 Å². The van der Waals surface area contributed by atoms with E-state index in [0.29, 0.717) is 0 Å². The van der Waals surface area contributed by atoms with Crippen molar-refractivity contribution in [3.63, 3.8) is 0 Å². The molecule has 5 heteroatoms. The molecule has 0 aliphatic heterocycles. The van der Waals surface area contributed by atoms with E-state index in [-0.39, 0.29) is 5.69 Å². The molecule has 0 amide bonds. The second-order valence-corrected chi connectivity index (χ2v) is 2.60. The van der Waals surface area contributed by atoms with E-state index in [9.17, 15) is 13.6 Å². The average molecular weight is 213 g/mol. The lowest BCUT2D eigenvalue weighted by Crippen LogP contribution is -1.98. The van der Waals surface area contributed by atoms with Crippen molar-refractivity contribution in [2.75, 3.05) is 12.4 Å². The Hall–Kier alpha value is -1.91. The highest BCUT2D eigenvalue weighted by atomic mass is 19.2. The van der Waals surface area contributed by atoms with Gasteiger partial charge in [0.05, 0.1) is 12.8 Å². The topological polar surface area (TPSA) is 38.3 Å². The van der Waals surface area contributed by atoms with Crippen molar-refractivity contribution in [2.24, 2.45) is 0 Å². The summed E-state index contributed by atoms with van der Waals surface area (Å²) >= 11 is 0. The van der Waals surface area contributed by atoms with Crippen LogP contribution in [0.5, 0.6) is 0 Å². The van der Waals surface area contributed by atoms with E-state index in [1.165, 1.54) is 25.4 Å². The molecular formula is C10H9F2NO2. The monoisotopic (exact) mass is 213 g/mol. The quantitative estimate of drug-likeness (QED) is 0.617. The van der Waals surface area contributed by atoms with E-state index < -0.39 is 17.6 Å². The number of hydrogen-bond donors (Lipinski definition) is 1. The molecule has 0 saturated carbocycles. The lowest BCUT2D eigenvalue weighted by Gasteiger charge is -2.02. The molecule has 0 atom stereocenters. The Bertz CT molecular complexity index is 391. The molecule has 1 aromatic carbocycles. The lowest BCUT2D eigenvalue weighted by molar-refractivity contribution is -0.134. The Morgan fingerprint density at radius 1 is 1.47 bits per heavy atom. The molecule has 0 heterocycles. The first-order chi connectivity index (χ1) is 7.15. The predicted octanol–water partition coefficient (Wildman–Crippen LogP) is 2.06. The van der Waals surface area contributed by atoms with Crippen LogP contribution in [0.25, 0.3) is 0 Å². The van der Waals surface area contributed by atoms with Gasteiger partial charge in [0.2, 0.25) is 0 Å². The fourth-order valence-corrected chi connectivity index (χ4v) is 0.883. The third-order valence-corrected chi connectivity index (χ3v) is 1.61. The molecule has 0 spiro atoms. The van der Waals surface area contributed by atoms with Crippen LogP contribution in [0.15, 0.2) is 30.5 Å². The number of benzene rings is 1. The van der Waals surface area contributed by atoms with E-state index in [1.807, 2.05) is 0 Å². The van der Waals surface area contributed by atoms with Gasteiger partial charge in [0.15, 0.2) is 11.6 Å². The van der Waals surface area contributed by atoms with E-state index >= 15 is 0 Å². The van der Waals surface area contributed by atoms with Gasteiger partial charge < -0.3 is 10.1 Å². The SMILES string of the molecule is COC(=O)/C=C/Nc1cccc(F)c1F. The van der Waals surface area contributed by atoms with E-state index in [4.69, 9.17) is 0 Å². The Morgan fingerprint density at radius 3 is 2.87 bits per heavy atom. The second kappa shape index (κ2) is 5.09. The number of esters is 1. The van der Waals surface area contributed by atoms with Crippen LogP contribution in [0.1, 0.15) is 0 Å². The average Bonchev–Trinajstić information content (AvgIpc) is 2.24. The van der Waals surface area contributed by atoms with Crippen molar-refractivity contribution in [3.05, 3.63) is 42.1 Å². The van der Waals surface area contributed by atoms with Crippen LogP contribution in [0.4, 0.5) is 14.5 Å². The number of halogens is 2. The summed E-state index contributed by atoms with van der Waals surface area (Å²) in [6.45, 7) is 0. The second-order valence-electron chi connectivity index (χ2n) is 2.60. The summed E-state index contributed by atoms with van der Waals surface area (Å²) in [6.07, 6.45) is 2.23. The highest BCUT2D eigenvalue weighted by Gasteiger charge is 2.05. The van der Waals surface area contributed by atoms with Crippen LogP contribution >= 0.6 is 0 Å². The Balaban J connectivity index is 2.70. The Morgan fingerprint density at radius 2 is 2.20 bits per heavy atom. The van der Waals surface area contributed by atoms with Crippen molar-refractivity contribution in [2.45, 2.75) is 0 Å². The van der Waals surface area contributed by atoms with Crippen molar-refractivity contribution < 1.29 is 18.3 Å². The Kier molecular flexibility index (Phi) is 3.79. The summed E-state index contributed by atoms with van der Waals surface area (Å²) < 4.78 is 30.0. The van der Waals surface area contributed by atoms with Gasteiger partial charge in [0.25, 0.3) is 0 Å². The van der Waals surface area contributed by atoms with Crippen LogP contribution in [0.2, 0.25) is 0 Å². The molecule has 0 bridgehead atoms. The van der Waals surface area contributed by atoms with Crippen molar-refractivity contribution in [1.82, 2.24) is 0 Å². The van der Waals surface area contributed by atoms with Crippen LogP contribution in [0.3, 0.4) is 0 Å². The predicted molar refractivity (Wildman–Crippen MR) is 51.1 cm³/mol. The van der Waals surface area contributed by atoms with Crippen LogP contribution in [-0.2, 0) is 9.53 Å². The molecule has 1 aromatic rings. The first-order valence-electron chi connectivity index (χ1n) is 4.10. The first-order valence-corrected chi connectivity index (χ1v) is 4.10. The molecule has 1 rings (SSSR count). The minimum absolute atomic E-state index is 0.0462. The number of anilines is 1. The number of hydrogen-bond acceptors (Lipinski definition) is 3. The molecule has 80 valence electrons. The zero-order chi connectivity index (χ0) is 11.3. The standard InChI is InChI=1S/C10H9F2NO2/c1-15-9(14)5-6-13-8-4-2-3-7(11)10(8)12/h2-6,13H,1H3/b6-5+. The van der Waals surface area contributed by atoms with E-state index in [1.54, 1.807) is 0 Å². The van der Waals surface area contributed by atoms with Crippen LogP contribution in [-0.4, -0.2) is 13.1 Å². The normalized spacial score (nSPS) is 10.3. The number of nitrogens with one attached hydrogen (secondary N) is 1. The maximum atomic E-state index is 13.0. The van der Waals surface area contributed by atoms with Gasteiger partial charge in [-0.3, -0.25) is 0 Å². The van der Waals surface area contributed by atoms with Crippen molar-refractivity contribution in [1.29, 1.82) is 0 Å². The highest BCUT2D eigenvalue weighted by Crippen LogP contribution is 2.16. The molecule has 1 N–H and O–H groups in total.